The van der Waals surface area contributed by atoms with Crippen LogP contribution in [0.15, 0.2) is 24.3 Å². The van der Waals surface area contributed by atoms with Crippen molar-refractivity contribution < 1.29 is 14.3 Å². The first kappa shape index (κ1) is 20.4. The minimum Gasteiger partial charge on any atom is -0.492 e. The molecule has 0 aliphatic carbocycles. The van der Waals surface area contributed by atoms with Crippen molar-refractivity contribution in [3.8, 4) is 5.75 Å². The number of carbonyl (C=O) groups is 2. The predicted octanol–water partition coefficient (Wildman–Crippen LogP) is 2.11. The maximum atomic E-state index is 12.7. The van der Waals surface area contributed by atoms with Crippen LogP contribution in [0.5, 0.6) is 5.75 Å². The first-order valence-corrected chi connectivity index (χ1v) is 10.9. The number of amides is 2. The molecule has 1 unspecified atom stereocenters. The number of carbonyl (C=O) groups excluding carboxylic acids is 2. The summed E-state index contributed by atoms with van der Waals surface area (Å²) < 4.78 is 7.84. The van der Waals surface area contributed by atoms with E-state index in [9.17, 15) is 9.59 Å². The van der Waals surface area contributed by atoms with Crippen LogP contribution in [0.1, 0.15) is 44.3 Å². The third-order valence-electron chi connectivity index (χ3n) is 5.79. The monoisotopic (exact) mass is 411 g/mol. The maximum absolute atomic E-state index is 12.7. The Morgan fingerprint density at radius 3 is 2.97 bits per heavy atom. The first-order valence-electron chi connectivity index (χ1n) is 10.9. The molecular weight excluding hydrogens is 382 g/mol. The quantitative estimate of drug-likeness (QED) is 0.754. The van der Waals surface area contributed by atoms with Crippen molar-refractivity contribution in [3.05, 3.63) is 35.9 Å². The summed E-state index contributed by atoms with van der Waals surface area (Å²) in [6, 6.07) is 7.46. The van der Waals surface area contributed by atoms with Crippen LogP contribution >= 0.6 is 0 Å². The Bertz CT molecular complexity index is 910. The van der Waals surface area contributed by atoms with Gasteiger partial charge in [0.05, 0.1) is 18.2 Å². The molecule has 1 atom stereocenters. The Kier molecular flexibility index (Phi) is 6.30. The standard InChI is InChI=1S/C22H29N5O3/c1-2-30-18-9-6-5-8-17(18)27-15-16(14-21(27)28)22(29)23-12-11-20-25-24-19-10-4-3-7-13-26(19)20/h5-6,8-9,16H,2-4,7,10-15H2,1H3,(H,23,29). The van der Waals surface area contributed by atoms with Crippen LogP contribution in [0, 0.1) is 5.92 Å². The minimum absolute atomic E-state index is 0.0509. The molecule has 4 rings (SSSR count). The molecule has 3 heterocycles. The largest absolute Gasteiger partial charge is 0.492 e. The average molecular weight is 412 g/mol. The van der Waals surface area contributed by atoms with Crippen LogP contribution in [0.4, 0.5) is 5.69 Å². The lowest BCUT2D eigenvalue weighted by atomic mass is 10.1. The fourth-order valence-corrected chi connectivity index (χ4v) is 4.25. The molecule has 1 fully saturated rings. The Morgan fingerprint density at radius 1 is 1.23 bits per heavy atom. The summed E-state index contributed by atoms with van der Waals surface area (Å²) in [7, 11) is 0. The van der Waals surface area contributed by atoms with Gasteiger partial charge in [0.1, 0.15) is 17.4 Å². The summed E-state index contributed by atoms with van der Waals surface area (Å²) in [5.41, 5.74) is 0.728. The molecule has 0 saturated carbocycles. The number of para-hydroxylation sites is 2. The van der Waals surface area contributed by atoms with Crippen molar-refractivity contribution in [1.82, 2.24) is 20.1 Å². The molecule has 1 aromatic carbocycles. The van der Waals surface area contributed by atoms with Gasteiger partial charge in [-0.2, -0.15) is 0 Å². The molecule has 0 radical (unpaired) electrons. The SMILES string of the molecule is CCOc1ccccc1N1CC(C(=O)NCCc2nnc3n2CCCCC3)CC1=O. The zero-order chi connectivity index (χ0) is 20.9. The number of hydrogen-bond acceptors (Lipinski definition) is 5. The van der Waals surface area contributed by atoms with E-state index < -0.39 is 0 Å². The van der Waals surface area contributed by atoms with Crippen LogP contribution in [0.25, 0.3) is 0 Å². The van der Waals surface area contributed by atoms with Gasteiger partial charge >= 0.3 is 0 Å². The van der Waals surface area contributed by atoms with E-state index in [-0.39, 0.29) is 24.2 Å². The molecule has 1 saturated heterocycles. The summed E-state index contributed by atoms with van der Waals surface area (Å²) in [5.74, 6) is 2.16. The van der Waals surface area contributed by atoms with Gasteiger partial charge in [-0.3, -0.25) is 9.59 Å². The number of aryl methyl sites for hydroxylation is 1. The average Bonchev–Trinajstić information content (AvgIpc) is 3.23. The van der Waals surface area contributed by atoms with E-state index in [1.165, 1.54) is 6.42 Å². The molecule has 160 valence electrons. The van der Waals surface area contributed by atoms with Crippen molar-refractivity contribution in [3.63, 3.8) is 0 Å². The van der Waals surface area contributed by atoms with Crippen molar-refractivity contribution in [2.45, 2.75) is 52.0 Å². The summed E-state index contributed by atoms with van der Waals surface area (Å²) >= 11 is 0. The smallest absolute Gasteiger partial charge is 0.227 e. The van der Waals surface area contributed by atoms with E-state index in [1.807, 2.05) is 31.2 Å². The van der Waals surface area contributed by atoms with E-state index in [0.717, 1.165) is 43.1 Å². The van der Waals surface area contributed by atoms with Gasteiger partial charge in [0.2, 0.25) is 11.8 Å². The van der Waals surface area contributed by atoms with Gasteiger partial charge in [-0.05, 0) is 31.9 Å². The second kappa shape index (κ2) is 9.28. The number of fused-ring (bicyclic) bond motifs is 1. The Morgan fingerprint density at radius 2 is 2.10 bits per heavy atom. The highest BCUT2D eigenvalue weighted by Gasteiger charge is 2.36. The van der Waals surface area contributed by atoms with Crippen LogP contribution < -0.4 is 15.0 Å². The Labute approximate surface area is 176 Å². The second-order valence-electron chi connectivity index (χ2n) is 7.84. The number of aromatic nitrogens is 3. The molecule has 1 N–H and O–H groups in total. The van der Waals surface area contributed by atoms with Crippen LogP contribution in [-0.4, -0.2) is 46.3 Å². The van der Waals surface area contributed by atoms with Gasteiger partial charge in [-0.15, -0.1) is 10.2 Å². The number of nitrogens with one attached hydrogen (secondary N) is 1. The van der Waals surface area contributed by atoms with E-state index in [1.54, 1.807) is 4.90 Å². The molecule has 1 aromatic heterocycles. The highest BCUT2D eigenvalue weighted by Crippen LogP contribution is 2.33. The van der Waals surface area contributed by atoms with E-state index in [4.69, 9.17) is 4.74 Å². The minimum atomic E-state index is -0.359. The third kappa shape index (κ3) is 4.32. The summed E-state index contributed by atoms with van der Waals surface area (Å²) in [6.45, 7) is 4.26. The molecule has 2 aliphatic heterocycles. The number of nitrogens with zero attached hydrogens (tertiary/aromatic N) is 4. The maximum Gasteiger partial charge on any atom is 0.227 e. The number of anilines is 1. The lowest BCUT2D eigenvalue weighted by Gasteiger charge is -2.20. The third-order valence-corrected chi connectivity index (χ3v) is 5.79. The van der Waals surface area contributed by atoms with Gasteiger partial charge in [0.15, 0.2) is 0 Å². The topological polar surface area (TPSA) is 89.3 Å². The highest BCUT2D eigenvalue weighted by atomic mass is 16.5. The first-order chi connectivity index (χ1) is 14.7. The summed E-state index contributed by atoms with van der Waals surface area (Å²) in [5, 5.41) is 11.6. The Balaban J connectivity index is 1.33. The van der Waals surface area contributed by atoms with Crippen LogP contribution in [0.2, 0.25) is 0 Å². The van der Waals surface area contributed by atoms with Gasteiger partial charge in [0, 0.05) is 38.9 Å². The molecule has 2 amide bonds. The lowest BCUT2D eigenvalue weighted by molar-refractivity contribution is -0.126. The molecule has 2 aromatic rings. The van der Waals surface area contributed by atoms with Gasteiger partial charge < -0.3 is 19.5 Å². The van der Waals surface area contributed by atoms with Crippen molar-refractivity contribution in [2.75, 3.05) is 24.6 Å². The molecule has 0 bridgehead atoms. The van der Waals surface area contributed by atoms with E-state index in [2.05, 4.69) is 20.1 Å². The molecule has 8 nitrogen and oxygen atoms in total. The number of hydrogen-bond donors (Lipinski definition) is 1. The predicted molar refractivity (Wildman–Crippen MR) is 112 cm³/mol. The molecule has 30 heavy (non-hydrogen) atoms. The summed E-state index contributed by atoms with van der Waals surface area (Å²) in [6.07, 6.45) is 5.37. The van der Waals surface area contributed by atoms with Gasteiger partial charge in [-0.25, -0.2) is 0 Å². The zero-order valence-corrected chi connectivity index (χ0v) is 17.5. The van der Waals surface area contributed by atoms with Gasteiger partial charge in [0.25, 0.3) is 0 Å². The molecule has 0 spiro atoms. The van der Waals surface area contributed by atoms with E-state index >= 15 is 0 Å². The van der Waals surface area contributed by atoms with Gasteiger partial charge in [-0.1, -0.05) is 18.6 Å². The number of ether oxygens (including phenoxy) is 1. The number of rotatable bonds is 7. The molecular formula is C22H29N5O3. The zero-order valence-electron chi connectivity index (χ0n) is 17.5. The van der Waals surface area contributed by atoms with Crippen molar-refractivity contribution in [1.29, 1.82) is 0 Å². The Hall–Kier alpha value is -2.90. The fraction of sp³-hybridized carbons (Fsp3) is 0.545. The second-order valence-corrected chi connectivity index (χ2v) is 7.84. The molecule has 8 heteroatoms. The van der Waals surface area contributed by atoms with Crippen LogP contribution in [0.3, 0.4) is 0 Å². The highest BCUT2D eigenvalue weighted by molar-refractivity contribution is 6.01. The number of benzene rings is 1. The van der Waals surface area contributed by atoms with Crippen molar-refractivity contribution >= 4 is 17.5 Å². The summed E-state index contributed by atoms with van der Waals surface area (Å²) in [4.78, 5) is 26.9. The lowest BCUT2D eigenvalue weighted by Crippen LogP contribution is -2.34. The normalized spacial score (nSPS) is 18.8. The molecule has 2 aliphatic rings. The van der Waals surface area contributed by atoms with Crippen LogP contribution in [-0.2, 0) is 29.0 Å². The van der Waals surface area contributed by atoms with E-state index in [0.29, 0.717) is 31.9 Å². The van der Waals surface area contributed by atoms with Crippen molar-refractivity contribution in [2.24, 2.45) is 5.92 Å². The fourth-order valence-electron chi connectivity index (χ4n) is 4.25.